The number of rotatable bonds is 5. The van der Waals surface area contributed by atoms with E-state index in [1.165, 1.54) is 31.4 Å². The highest BCUT2D eigenvalue weighted by atomic mass is 15.3. The van der Waals surface area contributed by atoms with Crippen LogP contribution in [-0.2, 0) is 7.05 Å². The van der Waals surface area contributed by atoms with Crippen LogP contribution in [0.3, 0.4) is 0 Å². The van der Waals surface area contributed by atoms with Crippen LogP contribution in [0.4, 0.5) is 0 Å². The van der Waals surface area contributed by atoms with E-state index in [9.17, 15) is 0 Å². The first kappa shape index (κ1) is 12.6. The molecule has 1 aliphatic rings. The van der Waals surface area contributed by atoms with Gasteiger partial charge < -0.3 is 5.32 Å². The predicted molar refractivity (Wildman–Crippen MR) is 70.7 cm³/mol. The number of aromatic nitrogens is 2. The van der Waals surface area contributed by atoms with Gasteiger partial charge in [0.05, 0.1) is 11.7 Å². The first-order valence-electron chi connectivity index (χ1n) is 6.95. The molecule has 3 nitrogen and oxygen atoms in total. The normalized spacial score (nSPS) is 26.3. The van der Waals surface area contributed by atoms with Crippen LogP contribution in [0.25, 0.3) is 0 Å². The number of hydrogen-bond donors (Lipinski definition) is 1. The SMILES string of the molecule is CCCNC(c1ccnn1C)C1CCCC1C. The molecule has 0 aromatic carbocycles. The summed E-state index contributed by atoms with van der Waals surface area (Å²) in [7, 11) is 2.05. The molecule has 17 heavy (non-hydrogen) atoms. The highest BCUT2D eigenvalue weighted by Gasteiger charge is 2.32. The third-order valence-electron chi connectivity index (χ3n) is 4.15. The molecule has 0 saturated heterocycles. The van der Waals surface area contributed by atoms with Gasteiger partial charge in [-0.1, -0.05) is 26.7 Å². The first-order chi connectivity index (χ1) is 8.24. The Morgan fingerprint density at radius 3 is 2.88 bits per heavy atom. The van der Waals surface area contributed by atoms with Crippen LogP contribution in [0.15, 0.2) is 12.3 Å². The third-order valence-corrected chi connectivity index (χ3v) is 4.15. The van der Waals surface area contributed by atoms with Gasteiger partial charge in [-0.15, -0.1) is 0 Å². The molecular formula is C14H25N3. The zero-order chi connectivity index (χ0) is 12.3. The topological polar surface area (TPSA) is 29.9 Å². The lowest BCUT2D eigenvalue weighted by molar-refractivity contribution is 0.290. The van der Waals surface area contributed by atoms with E-state index < -0.39 is 0 Å². The Labute approximate surface area is 105 Å². The Morgan fingerprint density at radius 2 is 2.35 bits per heavy atom. The van der Waals surface area contributed by atoms with Crippen LogP contribution in [0, 0.1) is 11.8 Å². The maximum Gasteiger partial charge on any atom is 0.0553 e. The predicted octanol–water partition coefficient (Wildman–Crippen LogP) is 2.90. The standard InChI is InChI=1S/C14H25N3/c1-4-9-15-14(12-7-5-6-11(12)2)13-8-10-16-17(13)3/h8,10-12,14-15H,4-7,9H2,1-3H3. The van der Waals surface area contributed by atoms with Crippen LogP contribution in [-0.4, -0.2) is 16.3 Å². The Bertz CT molecular complexity index is 345. The average Bonchev–Trinajstić information content (AvgIpc) is 2.90. The Morgan fingerprint density at radius 1 is 1.53 bits per heavy atom. The molecule has 1 fully saturated rings. The fourth-order valence-corrected chi connectivity index (χ4v) is 3.13. The van der Waals surface area contributed by atoms with Crippen LogP contribution in [0.1, 0.15) is 51.3 Å². The van der Waals surface area contributed by atoms with Crippen molar-refractivity contribution >= 4 is 0 Å². The zero-order valence-electron chi connectivity index (χ0n) is 11.3. The molecular weight excluding hydrogens is 210 g/mol. The van der Waals surface area contributed by atoms with Gasteiger partial charge >= 0.3 is 0 Å². The van der Waals surface area contributed by atoms with Crippen molar-refractivity contribution in [1.82, 2.24) is 15.1 Å². The fourth-order valence-electron chi connectivity index (χ4n) is 3.13. The lowest BCUT2D eigenvalue weighted by Gasteiger charge is -2.28. The second kappa shape index (κ2) is 5.67. The molecule has 1 aromatic heterocycles. The Hall–Kier alpha value is -0.830. The largest absolute Gasteiger partial charge is 0.308 e. The van der Waals surface area contributed by atoms with E-state index in [4.69, 9.17) is 0 Å². The molecule has 0 spiro atoms. The van der Waals surface area contributed by atoms with E-state index in [0.29, 0.717) is 6.04 Å². The second-order valence-electron chi connectivity index (χ2n) is 5.38. The van der Waals surface area contributed by atoms with Gasteiger partial charge in [0, 0.05) is 13.2 Å². The zero-order valence-corrected chi connectivity index (χ0v) is 11.3. The summed E-state index contributed by atoms with van der Waals surface area (Å²) in [6.07, 6.45) is 7.22. The maximum absolute atomic E-state index is 4.32. The smallest absolute Gasteiger partial charge is 0.0553 e. The molecule has 3 heteroatoms. The van der Waals surface area contributed by atoms with Crippen molar-refractivity contribution in [2.75, 3.05) is 6.54 Å². The van der Waals surface area contributed by atoms with E-state index in [1.54, 1.807) is 0 Å². The Balaban J connectivity index is 2.15. The maximum atomic E-state index is 4.32. The number of hydrogen-bond acceptors (Lipinski definition) is 2. The van der Waals surface area contributed by atoms with Crippen molar-refractivity contribution in [1.29, 1.82) is 0 Å². The molecule has 1 N–H and O–H groups in total. The minimum atomic E-state index is 0.486. The number of nitrogens with one attached hydrogen (secondary N) is 1. The summed E-state index contributed by atoms with van der Waals surface area (Å²) in [5, 5.41) is 8.04. The molecule has 1 aromatic rings. The molecule has 2 rings (SSSR count). The van der Waals surface area contributed by atoms with E-state index in [0.717, 1.165) is 18.4 Å². The monoisotopic (exact) mass is 235 g/mol. The van der Waals surface area contributed by atoms with Gasteiger partial charge in [0.1, 0.15) is 0 Å². The van der Waals surface area contributed by atoms with Crippen molar-refractivity contribution in [3.8, 4) is 0 Å². The highest BCUT2D eigenvalue weighted by Crippen LogP contribution is 2.39. The highest BCUT2D eigenvalue weighted by molar-refractivity contribution is 5.09. The summed E-state index contributed by atoms with van der Waals surface area (Å²) in [5.41, 5.74) is 1.34. The fraction of sp³-hybridized carbons (Fsp3) is 0.786. The van der Waals surface area contributed by atoms with E-state index >= 15 is 0 Å². The lowest BCUT2D eigenvalue weighted by Crippen LogP contribution is -2.31. The van der Waals surface area contributed by atoms with Crippen molar-refractivity contribution in [2.24, 2.45) is 18.9 Å². The summed E-state index contributed by atoms with van der Waals surface area (Å²) < 4.78 is 2.03. The molecule has 1 aliphatic carbocycles. The summed E-state index contributed by atoms with van der Waals surface area (Å²) in [6.45, 7) is 5.72. The van der Waals surface area contributed by atoms with Crippen LogP contribution < -0.4 is 5.32 Å². The third kappa shape index (κ3) is 2.71. The summed E-state index contributed by atoms with van der Waals surface area (Å²) >= 11 is 0. The van der Waals surface area contributed by atoms with Crippen LogP contribution >= 0.6 is 0 Å². The van der Waals surface area contributed by atoms with Crippen molar-refractivity contribution in [3.05, 3.63) is 18.0 Å². The van der Waals surface area contributed by atoms with Crippen molar-refractivity contribution < 1.29 is 0 Å². The summed E-state index contributed by atoms with van der Waals surface area (Å²) in [4.78, 5) is 0. The summed E-state index contributed by atoms with van der Waals surface area (Å²) in [5.74, 6) is 1.61. The van der Waals surface area contributed by atoms with Gasteiger partial charge in [0.25, 0.3) is 0 Å². The molecule has 3 atom stereocenters. The molecule has 3 unspecified atom stereocenters. The first-order valence-corrected chi connectivity index (χ1v) is 6.95. The molecule has 1 saturated carbocycles. The average molecular weight is 235 g/mol. The molecule has 96 valence electrons. The molecule has 0 radical (unpaired) electrons. The van der Waals surface area contributed by atoms with Gasteiger partial charge in [-0.2, -0.15) is 5.10 Å². The van der Waals surface area contributed by atoms with Crippen molar-refractivity contribution in [3.63, 3.8) is 0 Å². The quantitative estimate of drug-likeness (QED) is 0.850. The van der Waals surface area contributed by atoms with Gasteiger partial charge in [-0.25, -0.2) is 0 Å². The van der Waals surface area contributed by atoms with Crippen molar-refractivity contribution in [2.45, 2.75) is 45.6 Å². The summed E-state index contributed by atoms with van der Waals surface area (Å²) in [6, 6.07) is 2.65. The van der Waals surface area contributed by atoms with Gasteiger partial charge in [0.2, 0.25) is 0 Å². The molecule has 1 heterocycles. The molecule has 0 amide bonds. The van der Waals surface area contributed by atoms with E-state index in [-0.39, 0.29) is 0 Å². The lowest BCUT2D eigenvalue weighted by atomic mass is 9.88. The Kier molecular flexibility index (Phi) is 4.21. The van der Waals surface area contributed by atoms with Gasteiger partial charge in [-0.05, 0) is 37.3 Å². The van der Waals surface area contributed by atoms with E-state index in [2.05, 4.69) is 37.4 Å². The number of aryl methyl sites for hydroxylation is 1. The molecule has 0 aliphatic heterocycles. The second-order valence-corrected chi connectivity index (χ2v) is 5.38. The van der Waals surface area contributed by atoms with Gasteiger partial charge in [0.15, 0.2) is 0 Å². The van der Waals surface area contributed by atoms with E-state index in [1.807, 2.05) is 10.9 Å². The number of nitrogens with zero attached hydrogens (tertiary/aromatic N) is 2. The minimum Gasteiger partial charge on any atom is -0.308 e. The van der Waals surface area contributed by atoms with Crippen LogP contribution in [0.5, 0.6) is 0 Å². The van der Waals surface area contributed by atoms with Crippen LogP contribution in [0.2, 0.25) is 0 Å². The molecule has 0 bridgehead atoms. The van der Waals surface area contributed by atoms with Gasteiger partial charge in [-0.3, -0.25) is 4.68 Å². The minimum absolute atomic E-state index is 0.486.